The Hall–Kier alpha value is -0.613. The lowest BCUT2D eigenvalue weighted by Crippen LogP contribution is -2.31. The molecule has 0 rings (SSSR count). The monoisotopic (exact) mass is 258 g/mol. The highest BCUT2D eigenvalue weighted by molar-refractivity contribution is 6.72. The molecule has 0 saturated carbocycles. The molecule has 0 aromatic rings. The zero-order chi connectivity index (χ0) is 13.3. The van der Waals surface area contributed by atoms with Gasteiger partial charge in [0, 0.05) is 12.7 Å². The first-order valence-corrected chi connectivity index (χ1v) is 9.15. The number of carbonyl (C=O) groups excluding carboxylic acids is 1. The summed E-state index contributed by atoms with van der Waals surface area (Å²) in [4.78, 5) is 11.1. The molecule has 4 heteroatoms. The Morgan fingerprint density at radius 1 is 1.29 bits per heavy atom. The van der Waals surface area contributed by atoms with Crippen LogP contribution in [0.15, 0.2) is 12.2 Å². The minimum atomic E-state index is -1.42. The number of unbranched alkanes of at least 4 members (excludes halogenated alkanes) is 2. The summed E-state index contributed by atoms with van der Waals surface area (Å²) >= 11 is 0. The van der Waals surface area contributed by atoms with Gasteiger partial charge in [0.05, 0.1) is 6.61 Å². The first-order chi connectivity index (χ1) is 7.95. The van der Waals surface area contributed by atoms with Gasteiger partial charge in [0.2, 0.25) is 0 Å². The molecule has 0 N–H and O–H groups in total. The maximum Gasteiger partial charge on any atom is 0.333 e. The van der Waals surface area contributed by atoms with Crippen LogP contribution < -0.4 is 0 Å². The summed E-state index contributed by atoms with van der Waals surface area (Å²) in [7, 11) is 0.405. The van der Waals surface area contributed by atoms with Crippen LogP contribution in [0, 0.1) is 0 Å². The molecule has 0 aliphatic rings. The fourth-order valence-corrected chi connectivity index (χ4v) is 3.33. The predicted octanol–water partition coefficient (Wildman–Crippen LogP) is 3.52. The lowest BCUT2D eigenvalue weighted by molar-refractivity contribution is -0.139. The highest BCUT2D eigenvalue weighted by Crippen LogP contribution is 2.19. The van der Waals surface area contributed by atoms with Crippen LogP contribution in [-0.2, 0) is 14.0 Å². The third kappa shape index (κ3) is 7.34. The number of hydrogen-bond acceptors (Lipinski definition) is 3. The molecule has 0 saturated heterocycles. The van der Waals surface area contributed by atoms with Crippen LogP contribution in [0.5, 0.6) is 0 Å². The van der Waals surface area contributed by atoms with E-state index >= 15 is 0 Å². The Bertz CT molecular complexity index is 247. The number of ether oxygens (including phenoxy) is 1. The third-order valence-electron chi connectivity index (χ3n) is 3.17. The Balaban J connectivity index is 3.53. The van der Waals surface area contributed by atoms with Crippen molar-refractivity contribution in [2.45, 2.75) is 51.7 Å². The Kier molecular flexibility index (Phi) is 8.17. The topological polar surface area (TPSA) is 35.5 Å². The smallest absolute Gasteiger partial charge is 0.333 e. The number of hydrogen-bond donors (Lipinski definition) is 0. The van der Waals surface area contributed by atoms with Crippen LogP contribution in [0.3, 0.4) is 0 Å². The van der Waals surface area contributed by atoms with Crippen molar-refractivity contribution in [1.82, 2.24) is 0 Å². The number of carbonyl (C=O) groups is 1. The summed E-state index contributed by atoms with van der Waals surface area (Å²) in [5.41, 5.74) is 0.468. The average molecular weight is 258 g/mol. The van der Waals surface area contributed by atoms with Crippen LogP contribution >= 0.6 is 0 Å². The summed E-state index contributed by atoms with van der Waals surface area (Å²) < 4.78 is 10.6. The number of rotatable bonds is 9. The number of esters is 1. The second-order valence-corrected chi connectivity index (χ2v) is 9.25. The van der Waals surface area contributed by atoms with Gasteiger partial charge in [0.25, 0.3) is 0 Å². The largest absolute Gasteiger partial charge is 0.462 e. The van der Waals surface area contributed by atoms with Crippen molar-refractivity contribution in [3.05, 3.63) is 12.2 Å². The molecule has 3 nitrogen and oxygen atoms in total. The summed E-state index contributed by atoms with van der Waals surface area (Å²) in [5, 5.41) is 0. The fraction of sp³-hybridized carbons (Fsp3) is 0.769. The van der Waals surface area contributed by atoms with E-state index in [2.05, 4.69) is 20.0 Å². The van der Waals surface area contributed by atoms with Crippen LogP contribution in [0.4, 0.5) is 0 Å². The lowest BCUT2D eigenvalue weighted by Gasteiger charge is -2.23. The van der Waals surface area contributed by atoms with E-state index in [9.17, 15) is 4.79 Å². The SMILES string of the molecule is C=C(C)C(=O)OCCCCC[Si](C)(CC)OC. The molecule has 0 fully saturated rings. The van der Waals surface area contributed by atoms with E-state index in [4.69, 9.17) is 9.16 Å². The maximum absolute atomic E-state index is 11.1. The van der Waals surface area contributed by atoms with Crippen molar-refractivity contribution in [1.29, 1.82) is 0 Å². The summed E-state index contributed by atoms with van der Waals surface area (Å²) in [6.07, 6.45) is 3.18. The highest BCUT2D eigenvalue weighted by Gasteiger charge is 2.23. The van der Waals surface area contributed by atoms with Gasteiger partial charge in [-0.05, 0) is 32.0 Å². The molecule has 0 amide bonds. The average Bonchev–Trinajstić information content (AvgIpc) is 2.32. The van der Waals surface area contributed by atoms with Gasteiger partial charge < -0.3 is 9.16 Å². The summed E-state index contributed by atoms with van der Waals surface area (Å²) in [6.45, 7) is 10.2. The second-order valence-electron chi connectivity index (χ2n) is 4.73. The molecule has 0 radical (unpaired) electrons. The Morgan fingerprint density at radius 3 is 2.41 bits per heavy atom. The maximum atomic E-state index is 11.1. The highest BCUT2D eigenvalue weighted by atomic mass is 28.4. The van der Waals surface area contributed by atoms with Crippen molar-refractivity contribution < 1.29 is 14.0 Å². The normalized spacial score (nSPS) is 14.1. The van der Waals surface area contributed by atoms with Gasteiger partial charge in [-0.1, -0.05) is 26.3 Å². The minimum Gasteiger partial charge on any atom is -0.462 e. The molecular formula is C13H26O3Si. The van der Waals surface area contributed by atoms with Crippen LogP contribution in [0.1, 0.15) is 33.1 Å². The fourth-order valence-electron chi connectivity index (χ4n) is 1.49. The van der Waals surface area contributed by atoms with Crippen molar-refractivity contribution >= 4 is 14.3 Å². The van der Waals surface area contributed by atoms with Gasteiger partial charge in [-0.15, -0.1) is 0 Å². The van der Waals surface area contributed by atoms with E-state index in [-0.39, 0.29) is 5.97 Å². The third-order valence-corrected chi connectivity index (χ3v) is 7.06. The van der Waals surface area contributed by atoms with Crippen molar-refractivity contribution in [2.24, 2.45) is 0 Å². The molecular weight excluding hydrogens is 232 g/mol. The van der Waals surface area contributed by atoms with Crippen LogP contribution in [-0.4, -0.2) is 28.0 Å². The molecule has 1 unspecified atom stereocenters. The van der Waals surface area contributed by atoms with Gasteiger partial charge >= 0.3 is 5.97 Å². The Morgan fingerprint density at radius 2 is 1.94 bits per heavy atom. The summed E-state index contributed by atoms with van der Waals surface area (Å²) in [6, 6.07) is 2.35. The van der Waals surface area contributed by atoms with Gasteiger partial charge in [0.15, 0.2) is 8.32 Å². The molecule has 0 aliphatic carbocycles. The quantitative estimate of drug-likeness (QED) is 0.275. The summed E-state index contributed by atoms with van der Waals surface area (Å²) in [5.74, 6) is -0.283. The first-order valence-electron chi connectivity index (χ1n) is 6.33. The molecule has 0 aliphatic heterocycles. The van der Waals surface area contributed by atoms with Crippen LogP contribution in [0.25, 0.3) is 0 Å². The zero-order valence-electron chi connectivity index (χ0n) is 11.7. The van der Waals surface area contributed by atoms with Gasteiger partial charge in [-0.3, -0.25) is 0 Å². The van der Waals surface area contributed by atoms with Gasteiger partial charge in [0.1, 0.15) is 0 Å². The molecule has 0 aromatic carbocycles. The molecule has 0 bridgehead atoms. The minimum absolute atomic E-state index is 0.283. The molecule has 0 heterocycles. The van der Waals surface area contributed by atoms with E-state index < -0.39 is 8.32 Å². The zero-order valence-corrected chi connectivity index (χ0v) is 12.7. The molecule has 17 heavy (non-hydrogen) atoms. The van der Waals surface area contributed by atoms with E-state index in [0.29, 0.717) is 12.2 Å². The van der Waals surface area contributed by atoms with E-state index in [1.54, 1.807) is 6.92 Å². The lowest BCUT2D eigenvalue weighted by atomic mass is 10.3. The molecule has 100 valence electrons. The van der Waals surface area contributed by atoms with Crippen molar-refractivity contribution in [3.8, 4) is 0 Å². The molecule has 1 atom stereocenters. The van der Waals surface area contributed by atoms with Gasteiger partial charge in [-0.25, -0.2) is 4.79 Å². The Labute approximate surface area is 106 Å². The van der Waals surface area contributed by atoms with Crippen molar-refractivity contribution in [3.63, 3.8) is 0 Å². The predicted molar refractivity (Wildman–Crippen MR) is 73.5 cm³/mol. The van der Waals surface area contributed by atoms with E-state index in [1.165, 1.54) is 6.04 Å². The standard InChI is InChI=1S/C13H26O3Si/c1-6-17(5,15-4)11-9-7-8-10-16-13(14)12(2)3/h2,6-11H2,1,3-5H3. The van der Waals surface area contributed by atoms with E-state index in [0.717, 1.165) is 25.3 Å². The first kappa shape index (κ1) is 16.4. The van der Waals surface area contributed by atoms with Crippen molar-refractivity contribution in [2.75, 3.05) is 13.7 Å². The van der Waals surface area contributed by atoms with E-state index in [1.807, 2.05) is 7.11 Å². The van der Waals surface area contributed by atoms with Gasteiger partial charge in [-0.2, -0.15) is 0 Å². The molecule has 0 spiro atoms. The molecule has 0 aromatic heterocycles. The van der Waals surface area contributed by atoms with Crippen LogP contribution in [0.2, 0.25) is 18.6 Å². The second kappa shape index (κ2) is 8.47.